The Bertz CT molecular complexity index is 723. The number of hydrogen-bond acceptors (Lipinski definition) is 4. The lowest BCUT2D eigenvalue weighted by Crippen LogP contribution is -2.23. The maximum atomic E-state index is 12.4. The van der Waals surface area contributed by atoms with Gasteiger partial charge in [-0.25, -0.2) is 0 Å². The van der Waals surface area contributed by atoms with Crippen molar-refractivity contribution in [3.05, 3.63) is 53.4 Å². The van der Waals surface area contributed by atoms with Gasteiger partial charge in [-0.1, -0.05) is 44.7 Å². The molecule has 134 valence electrons. The molecule has 0 bridgehead atoms. The number of nitrogens with one attached hydrogen (secondary N) is 1. The molecule has 5 nitrogen and oxygen atoms in total. The number of fused-ring (bicyclic) bond motifs is 1. The number of ether oxygens (including phenoxy) is 1. The molecule has 25 heavy (non-hydrogen) atoms. The van der Waals surface area contributed by atoms with E-state index in [0.717, 1.165) is 36.1 Å². The fourth-order valence-corrected chi connectivity index (χ4v) is 2.90. The molecule has 1 aromatic heterocycles. The minimum absolute atomic E-state index is 0.104. The van der Waals surface area contributed by atoms with Crippen LogP contribution in [0.3, 0.4) is 0 Å². The molecule has 5 heteroatoms. The Hall–Kier alpha value is -2.43. The van der Waals surface area contributed by atoms with Gasteiger partial charge in [0.15, 0.2) is 5.78 Å². The zero-order chi connectivity index (χ0) is 18.4. The molecular formula is C20H26N2O3. The summed E-state index contributed by atoms with van der Waals surface area (Å²) in [6.07, 6.45) is 9.53. The van der Waals surface area contributed by atoms with Gasteiger partial charge < -0.3 is 4.74 Å². The fraction of sp³-hybridized carbons (Fsp3) is 0.450. The van der Waals surface area contributed by atoms with Crippen LogP contribution in [-0.4, -0.2) is 28.6 Å². The third kappa shape index (κ3) is 5.02. The van der Waals surface area contributed by atoms with E-state index in [2.05, 4.69) is 30.6 Å². The van der Waals surface area contributed by atoms with E-state index in [9.17, 15) is 9.59 Å². The lowest BCUT2D eigenvalue weighted by molar-refractivity contribution is -0.141. The molecule has 1 heterocycles. The van der Waals surface area contributed by atoms with Gasteiger partial charge in [-0.05, 0) is 37.2 Å². The molecule has 0 atom stereocenters. The van der Waals surface area contributed by atoms with Crippen LogP contribution in [0.4, 0.5) is 0 Å². The Morgan fingerprint density at radius 1 is 1.40 bits per heavy atom. The fourth-order valence-electron chi connectivity index (χ4n) is 2.90. The van der Waals surface area contributed by atoms with Crippen LogP contribution in [-0.2, 0) is 22.4 Å². The van der Waals surface area contributed by atoms with E-state index in [-0.39, 0.29) is 24.2 Å². The van der Waals surface area contributed by atoms with Gasteiger partial charge >= 0.3 is 5.97 Å². The van der Waals surface area contributed by atoms with Gasteiger partial charge in [0.05, 0.1) is 0 Å². The van der Waals surface area contributed by atoms with E-state index in [4.69, 9.17) is 4.74 Å². The van der Waals surface area contributed by atoms with E-state index in [1.54, 1.807) is 6.08 Å². The standard InChI is InChI=1S/C20H26N2O3/c1-5-7-8-14(6-2)13-25-18(24)11-17(23)19-15-9-10-20(3,4)12-16(15)21-22-19/h5-8H,2,9-13H2,1,3-4H3,(H,21,22)/b7-5-,14-8+. The van der Waals surface area contributed by atoms with Crippen molar-refractivity contribution in [2.45, 2.75) is 46.5 Å². The summed E-state index contributed by atoms with van der Waals surface area (Å²) in [6.45, 7) is 10.1. The van der Waals surface area contributed by atoms with Crippen LogP contribution < -0.4 is 0 Å². The molecule has 1 aromatic rings. The Balaban J connectivity index is 1.95. The average Bonchev–Trinajstić information content (AvgIpc) is 2.96. The summed E-state index contributed by atoms with van der Waals surface area (Å²) in [7, 11) is 0. The number of Topliss-reactive ketones (excluding diaryl/α,β-unsaturated/α-hetero) is 1. The highest BCUT2D eigenvalue weighted by Gasteiger charge is 2.31. The first-order valence-corrected chi connectivity index (χ1v) is 8.55. The molecule has 2 rings (SSSR count). The van der Waals surface area contributed by atoms with E-state index < -0.39 is 5.97 Å². The van der Waals surface area contributed by atoms with Crippen molar-refractivity contribution in [1.82, 2.24) is 10.2 Å². The molecule has 0 amide bonds. The number of ketones is 1. The van der Waals surface area contributed by atoms with Crippen LogP contribution in [0.2, 0.25) is 0 Å². The van der Waals surface area contributed by atoms with Gasteiger partial charge in [0.1, 0.15) is 18.7 Å². The molecule has 0 aliphatic heterocycles. The first kappa shape index (κ1) is 18.9. The number of hydrogen-bond donors (Lipinski definition) is 1. The van der Waals surface area contributed by atoms with Crippen LogP contribution >= 0.6 is 0 Å². The summed E-state index contributed by atoms with van der Waals surface area (Å²) < 4.78 is 5.17. The van der Waals surface area contributed by atoms with Crippen LogP contribution in [0.5, 0.6) is 0 Å². The van der Waals surface area contributed by atoms with Crippen molar-refractivity contribution < 1.29 is 14.3 Å². The molecule has 0 spiro atoms. The van der Waals surface area contributed by atoms with Crippen LogP contribution in [0.25, 0.3) is 0 Å². The Morgan fingerprint density at radius 2 is 2.16 bits per heavy atom. The number of aromatic nitrogens is 2. The van der Waals surface area contributed by atoms with Gasteiger partial charge in [0, 0.05) is 11.3 Å². The molecule has 0 aromatic carbocycles. The smallest absolute Gasteiger partial charge is 0.314 e. The van der Waals surface area contributed by atoms with E-state index in [0.29, 0.717) is 5.69 Å². The molecule has 0 saturated carbocycles. The number of H-pyrrole nitrogens is 1. The van der Waals surface area contributed by atoms with Gasteiger partial charge in [0.2, 0.25) is 0 Å². The first-order valence-electron chi connectivity index (χ1n) is 8.55. The monoisotopic (exact) mass is 342 g/mol. The highest BCUT2D eigenvalue weighted by atomic mass is 16.5. The summed E-state index contributed by atoms with van der Waals surface area (Å²) in [5.41, 5.74) is 3.33. The highest BCUT2D eigenvalue weighted by Crippen LogP contribution is 2.35. The Kier molecular flexibility index (Phi) is 6.12. The van der Waals surface area contributed by atoms with Crippen molar-refractivity contribution in [2.75, 3.05) is 6.61 Å². The molecule has 1 aliphatic rings. The molecule has 0 unspecified atom stereocenters. The molecule has 1 N–H and O–H groups in total. The van der Waals surface area contributed by atoms with Crippen LogP contribution in [0.15, 0.2) is 36.5 Å². The number of aromatic amines is 1. The predicted molar refractivity (Wildman–Crippen MR) is 97.4 cm³/mol. The SMILES string of the molecule is C=C/C(=C\C=C/C)COC(=O)CC(=O)c1n[nH]c2c1CCC(C)(C)C2. The first-order chi connectivity index (χ1) is 11.9. The zero-order valence-electron chi connectivity index (χ0n) is 15.2. The van der Waals surface area contributed by atoms with Crippen molar-refractivity contribution in [2.24, 2.45) is 5.41 Å². The largest absolute Gasteiger partial charge is 0.460 e. The lowest BCUT2D eigenvalue weighted by Gasteiger charge is -2.28. The highest BCUT2D eigenvalue weighted by molar-refractivity contribution is 6.05. The number of nitrogens with zero attached hydrogens (tertiary/aromatic N) is 1. The summed E-state index contributed by atoms with van der Waals surface area (Å²) >= 11 is 0. The molecule has 0 fully saturated rings. The minimum atomic E-state index is -0.550. The van der Waals surface area contributed by atoms with E-state index in [1.807, 2.05) is 25.2 Å². The number of allylic oxidation sites excluding steroid dienone is 3. The quantitative estimate of drug-likeness (QED) is 0.355. The molecular weight excluding hydrogens is 316 g/mol. The summed E-state index contributed by atoms with van der Waals surface area (Å²) in [4.78, 5) is 24.4. The third-order valence-electron chi connectivity index (χ3n) is 4.39. The average molecular weight is 342 g/mol. The summed E-state index contributed by atoms with van der Waals surface area (Å²) in [5, 5.41) is 7.11. The van der Waals surface area contributed by atoms with Gasteiger partial charge in [0.25, 0.3) is 0 Å². The maximum absolute atomic E-state index is 12.4. The summed E-state index contributed by atoms with van der Waals surface area (Å²) in [5.74, 6) is -0.842. The summed E-state index contributed by atoms with van der Waals surface area (Å²) in [6, 6.07) is 0. The molecule has 1 aliphatic carbocycles. The molecule has 0 radical (unpaired) electrons. The third-order valence-corrected chi connectivity index (χ3v) is 4.39. The van der Waals surface area contributed by atoms with E-state index in [1.165, 1.54) is 0 Å². The number of carbonyl (C=O) groups excluding carboxylic acids is 2. The number of rotatable bonds is 7. The zero-order valence-corrected chi connectivity index (χ0v) is 15.2. The topological polar surface area (TPSA) is 72.1 Å². The van der Waals surface area contributed by atoms with Crippen LogP contribution in [0, 0.1) is 5.41 Å². The van der Waals surface area contributed by atoms with Gasteiger partial charge in [-0.3, -0.25) is 14.7 Å². The van der Waals surface area contributed by atoms with Crippen LogP contribution in [0.1, 0.15) is 55.4 Å². The maximum Gasteiger partial charge on any atom is 0.314 e. The second kappa shape index (κ2) is 8.10. The van der Waals surface area contributed by atoms with E-state index >= 15 is 0 Å². The van der Waals surface area contributed by atoms with Crippen molar-refractivity contribution >= 4 is 11.8 Å². The second-order valence-corrected chi connectivity index (χ2v) is 7.10. The minimum Gasteiger partial charge on any atom is -0.460 e. The Morgan fingerprint density at radius 3 is 2.84 bits per heavy atom. The lowest BCUT2D eigenvalue weighted by atomic mass is 9.76. The number of carbonyl (C=O) groups is 2. The number of esters is 1. The van der Waals surface area contributed by atoms with Gasteiger partial charge in [-0.2, -0.15) is 5.10 Å². The second-order valence-electron chi connectivity index (χ2n) is 7.10. The van der Waals surface area contributed by atoms with Crippen molar-refractivity contribution in [1.29, 1.82) is 0 Å². The Labute approximate surface area is 148 Å². The van der Waals surface area contributed by atoms with Gasteiger partial charge in [-0.15, -0.1) is 0 Å². The predicted octanol–water partition coefficient (Wildman–Crippen LogP) is 3.73. The molecule has 0 saturated heterocycles. The van der Waals surface area contributed by atoms with Crippen molar-refractivity contribution in [3.63, 3.8) is 0 Å². The normalized spacial score (nSPS) is 16.5. The van der Waals surface area contributed by atoms with Crippen molar-refractivity contribution in [3.8, 4) is 0 Å².